The van der Waals surface area contributed by atoms with Crippen LogP contribution in [0.4, 0.5) is 5.69 Å². The van der Waals surface area contributed by atoms with E-state index in [1.165, 1.54) is 0 Å². The molecule has 25 heavy (non-hydrogen) atoms. The molecule has 2 rings (SSSR count). The van der Waals surface area contributed by atoms with E-state index in [0.717, 1.165) is 30.6 Å². The molecular weight excluding hydrogens is 316 g/mol. The molecule has 6 nitrogen and oxygen atoms in total. The van der Waals surface area contributed by atoms with E-state index in [1.807, 2.05) is 36.2 Å². The van der Waals surface area contributed by atoms with Crippen LogP contribution >= 0.6 is 0 Å². The summed E-state index contributed by atoms with van der Waals surface area (Å²) in [5.41, 5.74) is 7.60. The number of rotatable bonds is 7. The SMILES string of the molecule is CC(C)N(C)CC(=O)NCc1ccc(N2CCC[C@H](C(N)=O)C2)cc1. The number of hydrogen-bond donors (Lipinski definition) is 2. The molecule has 0 radical (unpaired) electrons. The van der Waals surface area contributed by atoms with Gasteiger partial charge in [0.25, 0.3) is 0 Å². The van der Waals surface area contributed by atoms with Gasteiger partial charge in [0.1, 0.15) is 0 Å². The van der Waals surface area contributed by atoms with E-state index in [1.54, 1.807) is 0 Å². The number of nitrogens with one attached hydrogen (secondary N) is 1. The minimum absolute atomic E-state index is 0.0283. The third-order valence-corrected chi connectivity index (χ3v) is 4.89. The molecule has 1 aliphatic rings. The first-order valence-electron chi connectivity index (χ1n) is 8.97. The highest BCUT2D eigenvalue weighted by molar-refractivity contribution is 5.78. The molecule has 1 aromatic rings. The van der Waals surface area contributed by atoms with Gasteiger partial charge >= 0.3 is 0 Å². The summed E-state index contributed by atoms with van der Waals surface area (Å²) in [6.45, 7) is 6.69. The maximum absolute atomic E-state index is 11.9. The summed E-state index contributed by atoms with van der Waals surface area (Å²) in [4.78, 5) is 27.6. The molecule has 1 aromatic carbocycles. The monoisotopic (exact) mass is 346 g/mol. The van der Waals surface area contributed by atoms with Crippen LogP contribution in [0.5, 0.6) is 0 Å². The molecule has 0 unspecified atom stereocenters. The van der Waals surface area contributed by atoms with Crippen molar-refractivity contribution in [2.45, 2.75) is 39.3 Å². The predicted molar refractivity (Wildman–Crippen MR) is 100 cm³/mol. The molecule has 0 spiro atoms. The number of amides is 2. The number of benzene rings is 1. The van der Waals surface area contributed by atoms with Gasteiger partial charge in [-0.2, -0.15) is 0 Å². The molecule has 0 saturated carbocycles. The Hall–Kier alpha value is -2.08. The Labute approximate surface area is 150 Å². The van der Waals surface area contributed by atoms with Crippen LogP contribution in [-0.4, -0.2) is 49.4 Å². The quantitative estimate of drug-likeness (QED) is 0.781. The van der Waals surface area contributed by atoms with Crippen LogP contribution in [0.2, 0.25) is 0 Å². The molecule has 1 saturated heterocycles. The van der Waals surface area contributed by atoms with Crippen LogP contribution in [0.25, 0.3) is 0 Å². The van der Waals surface area contributed by atoms with E-state index in [4.69, 9.17) is 5.73 Å². The Morgan fingerprint density at radius 1 is 1.32 bits per heavy atom. The molecule has 1 fully saturated rings. The summed E-state index contributed by atoms with van der Waals surface area (Å²) >= 11 is 0. The molecule has 0 bridgehead atoms. The van der Waals surface area contributed by atoms with Crippen molar-refractivity contribution in [2.75, 3.05) is 31.6 Å². The topological polar surface area (TPSA) is 78.7 Å². The van der Waals surface area contributed by atoms with E-state index < -0.39 is 0 Å². The fraction of sp³-hybridized carbons (Fsp3) is 0.579. The van der Waals surface area contributed by atoms with E-state index in [0.29, 0.717) is 25.7 Å². The van der Waals surface area contributed by atoms with Crippen molar-refractivity contribution in [2.24, 2.45) is 11.7 Å². The van der Waals surface area contributed by atoms with Crippen LogP contribution in [0.15, 0.2) is 24.3 Å². The van der Waals surface area contributed by atoms with E-state index in [9.17, 15) is 9.59 Å². The number of anilines is 1. The average molecular weight is 346 g/mol. The van der Waals surface area contributed by atoms with Gasteiger partial charge in [0.15, 0.2) is 0 Å². The van der Waals surface area contributed by atoms with Crippen LogP contribution in [0.3, 0.4) is 0 Å². The molecule has 138 valence electrons. The molecular formula is C19H30N4O2. The maximum atomic E-state index is 11.9. The summed E-state index contributed by atoms with van der Waals surface area (Å²) in [5, 5.41) is 2.95. The maximum Gasteiger partial charge on any atom is 0.234 e. The minimum Gasteiger partial charge on any atom is -0.371 e. The summed E-state index contributed by atoms with van der Waals surface area (Å²) in [7, 11) is 1.94. The Balaban J connectivity index is 1.85. The van der Waals surface area contributed by atoms with Crippen molar-refractivity contribution in [3.63, 3.8) is 0 Å². The molecule has 0 aliphatic carbocycles. The lowest BCUT2D eigenvalue weighted by molar-refractivity contribution is -0.123. The molecule has 1 heterocycles. The van der Waals surface area contributed by atoms with E-state index in [-0.39, 0.29) is 17.7 Å². The van der Waals surface area contributed by atoms with Gasteiger partial charge in [-0.3, -0.25) is 14.5 Å². The van der Waals surface area contributed by atoms with Crippen LogP contribution in [0, 0.1) is 5.92 Å². The smallest absolute Gasteiger partial charge is 0.234 e. The number of hydrogen-bond acceptors (Lipinski definition) is 4. The van der Waals surface area contributed by atoms with Gasteiger partial charge in [-0.15, -0.1) is 0 Å². The standard InChI is InChI=1S/C19H30N4O2/c1-14(2)22(3)13-18(24)21-11-15-6-8-17(9-7-15)23-10-4-5-16(12-23)19(20)25/h6-9,14,16H,4-5,10-13H2,1-3H3,(H2,20,25)(H,21,24)/t16-/m0/s1. The number of primary amides is 1. The first-order chi connectivity index (χ1) is 11.9. The highest BCUT2D eigenvalue weighted by Gasteiger charge is 2.24. The van der Waals surface area contributed by atoms with Gasteiger partial charge in [0, 0.05) is 31.4 Å². The van der Waals surface area contributed by atoms with Crippen LogP contribution in [0.1, 0.15) is 32.3 Å². The molecule has 1 atom stereocenters. The lowest BCUT2D eigenvalue weighted by Crippen LogP contribution is -2.41. The lowest BCUT2D eigenvalue weighted by Gasteiger charge is -2.33. The first-order valence-corrected chi connectivity index (χ1v) is 8.97. The average Bonchev–Trinajstić information content (AvgIpc) is 2.60. The normalized spacial score (nSPS) is 17.8. The van der Waals surface area contributed by atoms with Crippen LogP contribution in [-0.2, 0) is 16.1 Å². The van der Waals surface area contributed by atoms with Crippen LogP contribution < -0.4 is 16.0 Å². The first kappa shape index (κ1) is 19.2. The third kappa shape index (κ3) is 5.74. The zero-order chi connectivity index (χ0) is 18.4. The highest BCUT2D eigenvalue weighted by atomic mass is 16.2. The Morgan fingerprint density at radius 3 is 2.60 bits per heavy atom. The van der Waals surface area contributed by atoms with Gasteiger partial charge in [-0.1, -0.05) is 12.1 Å². The van der Waals surface area contributed by atoms with Gasteiger partial charge in [0.2, 0.25) is 11.8 Å². The Morgan fingerprint density at radius 2 is 2.00 bits per heavy atom. The zero-order valence-electron chi connectivity index (χ0n) is 15.5. The largest absolute Gasteiger partial charge is 0.371 e. The molecule has 6 heteroatoms. The number of carbonyl (C=O) groups is 2. The Kier molecular flexibility index (Phi) is 6.82. The van der Waals surface area contributed by atoms with Gasteiger partial charge in [0.05, 0.1) is 12.5 Å². The van der Waals surface area contributed by atoms with Crippen molar-refractivity contribution < 1.29 is 9.59 Å². The lowest BCUT2D eigenvalue weighted by atomic mass is 9.97. The molecule has 3 N–H and O–H groups in total. The third-order valence-electron chi connectivity index (χ3n) is 4.89. The second-order valence-electron chi connectivity index (χ2n) is 7.14. The predicted octanol–water partition coefficient (Wildman–Crippen LogP) is 1.34. The zero-order valence-corrected chi connectivity index (χ0v) is 15.5. The highest BCUT2D eigenvalue weighted by Crippen LogP contribution is 2.23. The van der Waals surface area contributed by atoms with E-state index in [2.05, 4.69) is 24.1 Å². The number of likely N-dealkylation sites (N-methyl/N-ethyl adjacent to an activating group) is 1. The van der Waals surface area contributed by atoms with Crippen molar-refractivity contribution in [3.8, 4) is 0 Å². The fourth-order valence-electron chi connectivity index (χ4n) is 2.93. The fourth-order valence-corrected chi connectivity index (χ4v) is 2.93. The van der Waals surface area contributed by atoms with Crippen molar-refractivity contribution in [3.05, 3.63) is 29.8 Å². The number of piperidine rings is 1. The van der Waals surface area contributed by atoms with Gasteiger partial charge < -0.3 is 16.0 Å². The summed E-state index contributed by atoms with van der Waals surface area (Å²) in [5.74, 6) is -0.248. The second-order valence-corrected chi connectivity index (χ2v) is 7.14. The van der Waals surface area contributed by atoms with Gasteiger partial charge in [-0.05, 0) is 51.4 Å². The van der Waals surface area contributed by atoms with E-state index >= 15 is 0 Å². The van der Waals surface area contributed by atoms with Gasteiger partial charge in [-0.25, -0.2) is 0 Å². The number of nitrogens with two attached hydrogens (primary N) is 1. The van der Waals surface area contributed by atoms with Crippen molar-refractivity contribution >= 4 is 17.5 Å². The minimum atomic E-state index is -0.213. The second kappa shape index (κ2) is 8.85. The number of carbonyl (C=O) groups excluding carboxylic acids is 2. The van der Waals surface area contributed by atoms with Crippen molar-refractivity contribution in [1.29, 1.82) is 0 Å². The molecule has 1 aliphatic heterocycles. The summed E-state index contributed by atoms with van der Waals surface area (Å²) in [6, 6.07) is 8.49. The van der Waals surface area contributed by atoms with Crippen molar-refractivity contribution in [1.82, 2.24) is 10.2 Å². The summed E-state index contributed by atoms with van der Waals surface area (Å²) in [6.07, 6.45) is 1.86. The number of nitrogens with zero attached hydrogens (tertiary/aromatic N) is 2. The summed E-state index contributed by atoms with van der Waals surface area (Å²) < 4.78 is 0. The Bertz CT molecular complexity index is 586. The molecule has 0 aromatic heterocycles. The molecule has 2 amide bonds.